The molecule has 1 atom stereocenters. The Morgan fingerprint density at radius 1 is 0.974 bits per heavy atom. The van der Waals surface area contributed by atoms with E-state index in [2.05, 4.69) is 30.9 Å². The fourth-order valence-corrected chi connectivity index (χ4v) is 3.51. The van der Waals surface area contributed by atoms with Crippen LogP contribution in [0, 0.1) is 0 Å². The van der Waals surface area contributed by atoms with Crippen LogP contribution >= 0.6 is 0 Å². The number of rotatable bonds is 15. The van der Waals surface area contributed by atoms with Crippen LogP contribution in [-0.4, -0.2) is 92.5 Å². The van der Waals surface area contributed by atoms with Crippen LogP contribution in [0.1, 0.15) is 33.6 Å². The molecular formula is C26H40N6O6. The quantitative estimate of drug-likeness (QED) is 0.292. The van der Waals surface area contributed by atoms with Gasteiger partial charge in [0.05, 0.1) is 39.6 Å². The molecule has 0 radical (unpaired) electrons. The van der Waals surface area contributed by atoms with Crippen molar-refractivity contribution in [3.63, 3.8) is 0 Å². The van der Waals surface area contributed by atoms with Gasteiger partial charge in [-0.25, -0.2) is 4.79 Å². The number of hydrogen-bond acceptors (Lipinski definition) is 11. The summed E-state index contributed by atoms with van der Waals surface area (Å²) in [7, 11) is 1.63. The number of methoxy groups -OCH3 is 1. The van der Waals surface area contributed by atoms with Crippen LogP contribution in [-0.2, 0) is 18.9 Å². The second-order valence-corrected chi connectivity index (χ2v) is 9.63. The molecule has 12 nitrogen and oxygen atoms in total. The number of anilines is 2. The molecule has 0 aliphatic carbocycles. The van der Waals surface area contributed by atoms with Gasteiger partial charge >= 0.3 is 6.09 Å². The first-order chi connectivity index (χ1) is 18.3. The van der Waals surface area contributed by atoms with E-state index in [0.29, 0.717) is 63.8 Å². The number of benzene rings is 1. The van der Waals surface area contributed by atoms with Gasteiger partial charge in [0.25, 0.3) is 0 Å². The summed E-state index contributed by atoms with van der Waals surface area (Å²) in [6, 6.07) is 7.56. The summed E-state index contributed by atoms with van der Waals surface area (Å²) < 4.78 is 27.2. The van der Waals surface area contributed by atoms with E-state index in [0.717, 1.165) is 30.8 Å². The Morgan fingerprint density at radius 2 is 1.66 bits per heavy atom. The van der Waals surface area contributed by atoms with Gasteiger partial charge in [0, 0.05) is 31.8 Å². The smallest absolute Gasteiger partial charge is 0.407 e. The Morgan fingerprint density at radius 3 is 2.29 bits per heavy atom. The number of hydrogen-bond donors (Lipinski definition) is 3. The summed E-state index contributed by atoms with van der Waals surface area (Å²) >= 11 is 0. The summed E-state index contributed by atoms with van der Waals surface area (Å²) in [5.74, 6) is 2.25. The van der Waals surface area contributed by atoms with Crippen LogP contribution in [0.15, 0.2) is 24.3 Å². The van der Waals surface area contributed by atoms with Crippen molar-refractivity contribution in [2.45, 2.75) is 45.3 Å². The van der Waals surface area contributed by atoms with E-state index in [1.807, 2.05) is 45.0 Å². The number of nitrogens with zero attached hydrogens (tertiary/aromatic N) is 3. The van der Waals surface area contributed by atoms with Gasteiger partial charge in [-0.2, -0.15) is 15.0 Å². The molecule has 0 bridgehead atoms. The maximum absolute atomic E-state index is 11.6. The summed E-state index contributed by atoms with van der Waals surface area (Å²) in [5.41, 5.74) is 0.333. The molecule has 12 heteroatoms. The van der Waals surface area contributed by atoms with E-state index in [-0.39, 0.29) is 6.10 Å². The summed E-state index contributed by atoms with van der Waals surface area (Å²) in [5, 5.41) is 9.13. The number of nitrogens with one attached hydrogen (secondary N) is 3. The lowest BCUT2D eigenvalue weighted by molar-refractivity contribution is 0.0415. The first kappa shape index (κ1) is 29.3. The lowest BCUT2D eigenvalue weighted by Crippen LogP contribution is -2.34. The van der Waals surface area contributed by atoms with Gasteiger partial charge in [0.2, 0.25) is 11.9 Å². The number of ether oxygens (including phenoxy) is 5. The Kier molecular flexibility index (Phi) is 11.8. The minimum absolute atomic E-state index is 0.163. The molecule has 1 saturated heterocycles. The van der Waals surface area contributed by atoms with Gasteiger partial charge in [-0.15, -0.1) is 0 Å². The molecule has 2 heterocycles. The second kappa shape index (κ2) is 15.3. The topological polar surface area (TPSA) is 138 Å². The van der Waals surface area contributed by atoms with Crippen molar-refractivity contribution in [1.29, 1.82) is 0 Å². The molecule has 0 spiro atoms. The third-order valence-electron chi connectivity index (χ3n) is 5.31. The highest BCUT2D eigenvalue weighted by atomic mass is 16.6. The lowest BCUT2D eigenvalue weighted by atomic mass is 10.2. The molecule has 3 N–H and O–H groups in total. The van der Waals surface area contributed by atoms with Crippen LogP contribution in [0.2, 0.25) is 0 Å². The SMILES string of the molecule is COc1ccc(-c2nc(NCCOCCOCCNC(=O)OC(C)(C)C)nc(NCC3CCCO3)n2)cc1. The Labute approximate surface area is 224 Å². The highest BCUT2D eigenvalue weighted by Gasteiger charge is 2.17. The average Bonchev–Trinajstić information content (AvgIpc) is 3.41. The molecule has 2 aromatic rings. The van der Waals surface area contributed by atoms with Crippen molar-refractivity contribution >= 4 is 18.0 Å². The van der Waals surface area contributed by atoms with Crippen molar-refractivity contribution in [3.05, 3.63) is 24.3 Å². The van der Waals surface area contributed by atoms with Gasteiger partial charge in [-0.05, 0) is 57.9 Å². The van der Waals surface area contributed by atoms with E-state index in [1.165, 1.54) is 0 Å². The van der Waals surface area contributed by atoms with Crippen molar-refractivity contribution in [1.82, 2.24) is 20.3 Å². The van der Waals surface area contributed by atoms with E-state index in [9.17, 15) is 4.79 Å². The standard InChI is InChI=1S/C26H40N6O6/c1-26(2,3)38-25(33)28-12-15-36-17-16-35-14-11-27-23-30-22(19-7-9-20(34-4)10-8-19)31-24(32-23)29-18-21-6-5-13-37-21/h7-10,21H,5-6,11-18H2,1-4H3,(H,28,33)(H2,27,29,30,31,32). The van der Waals surface area contributed by atoms with E-state index < -0.39 is 11.7 Å². The number of aromatic nitrogens is 3. The molecule has 1 unspecified atom stereocenters. The van der Waals surface area contributed by atoms with Crippen molar-refractivity contribution in [3.8, 4) is 17.1 Å². The molecule has 1 aliphatic heterocycles. The third-order valence-corrected chi connectivity index (χ3v) is 5.31. The zero-order valence-corrected chi connectivity index (χ0v) is 22.7. The Balaban J connectivity index is 1.40. The number of carbonyl (C=O) groups excluding carboxylic acids is 1. The molecule has 1 aromatic carbocycles. The highest BCUT2D eigenvalue weighted by Crippen LogP contribution is 2.21. The molecular weight excluding hydrogens is 492 g/mol. The highest BCUT2D eigenvalue weighted by molar-refractivity contribution is 5.67. The van der Waals surface area contributed by atoms with Crippen LogP contribution < -0.4 is 20.7 Å². The molecule has 210 valence electrons. The maximum atomic E-state index is 11.6. The molecule has 1 fully saturated rings. The lowest BCUT2D eigenvalue weighted by Gasteiger charge is -2.19. The maximum Gasteiger partial charge on any atom is 0.407 e. The van der Waals surface area contributed by atoms with Gasteiger partial charge < -0.3 is 39.6 Å². The van der Waals surface area contributed by atoms with E-state index >= 15 is 0 Å². The minimum atomic E-state index is -0.520. The largest absolute Gasteiger partial charge is 0.497 e. The van der Waals surface area contributed by atoms with Crippen molar-refractivity contribution in [2.75, 3.05) is 70.4 Å². The zero-order chi connectivity index (χ0) is 27.2. The monoisotopic (exact) mass is 532 g/mol. The predicted molar refractivity (Wildman–Crippen MR) is 144 cm³/mol. The number of carbonyl (C=O) groups is 1. The van der Waals surface area contributed by atoms with Crippen molar-refractivity contribution < 1.29 is 28.5 Å². The third kappa shape index (κ3) is 11.0. The molecule has 0 saturated carbocycles. The first-order valence-corrected chi connectivity index (χ1v) is 12.9. The Hall–Kier alpha value is -3.22. The minimum Gasteiger partial charge on any atom is -0.497 e. The first-order valence-electron chi connectivity index (χ1n) is 12.9. The van der Waals surface area contributed by atoms with Gasteiger partial charge in [-0.1, -0.05) is 0 Å². The van der Waals surface area contributed by atoms with Crippen LogP contribution in [0.25, 0.3) is 11.4 Å². The van der Waals surface area contributed by atoms with Gasteiger partial charge in [0.1, 0.15) is 11.4 Å². The second-order valence-electron chi connectivity index (χ2n) is 9.63. The van der Waals surface area contributed by atoms with Crippen LogP contribution in [0.5, 0.6) is 5.75 Å². The number of amides is 1. The zero-order valence-electron chi connectivity index (χ0n) is 22.7. The molecule has 1 amide bonds. The molecule has 3 rings (SSSR count). The van der Waals surface area contributed by atoms with E-state index in [4.69, 9.17) is 23.7 Å². The Bertz CT molecular complexity index is 979. The molecule has 1 aliphatic rings. The molecule has 1 aromatic heterocycles. The summed E-state index contributed by atoms with van der Waals surface area (Å²) in [6.07, 6.45) is 1.80. The fraction of sp³-hybridized carbons (Fsp3) is 0.615. The average molecular weight is 533 g/mol. The fourth-order valence-electron chi connectivity index (χ4n) is 3.51. The predicted octanol–water partition coefficient (Wildman–Crippen LogP) is 3.11. The summed E-state index contributed by atoms with van der Waals surface area (Å²) in [6.45, 7) is 9.44. The van der Waals surface area contributed by atoms with Crippen LogP contribution in [0.4, 0.5) is 16.7 Å². The molecule has 38 heavy (non-hydrogen) atoms. The van der Waals surface area contributed by atoms with Gasteiger partial charge in [0.15, 0.2) is 5.82 Å². The summed E-state index contributed by atoms with van der Waals surface area (Å²) in [4.78, 5) is 25.2. The van der Waals surface area contributed by atoms with E-state index in [1.54, 1.807) is 7.11 Å². The van der Waals surface area contributed by atoms with Crippen LogP contribution in [0.3, 0.4) is 0 Å². The normalized spacial score (nSPS) is 15.2. The number of alkyl carbamates (subject to hydrolysis) is 1. The van der Waals surface area contributed by atoms with Crippen molar-refractivity contribution in [2.24, 2.45) is 0 Å². The van der Waals surface area contributed by atoms with Gasteiger partial charge in [-0.3, -0.25) is 0 Å².